The van der Waals surface area contributed by atoms with Gasteiger partial charge in [0.15, 0.2) is 4.80 Å². The summed E-state index contributed by atoms with van der Waals surface area (Å²) >= 11 is 1.16. The number of furan rings is 1. The van der Waals surface area contributed by atoms with Gasteiger partial charge in [0.05, 0.1) is 42.2 Å². The molecule has 6 rings (SSSR count). The summed E-state index contributed by atoms with van der Waals surface area (Å²) in [6, 6.07) is 23.3. The molecule has 1 aliphatic heterocycles. The highest BCUT2D eigenvalue weighted by Gasteiger charge is 2.37. The SMILES string of the molecule is CCOC(=O)C1=C(c2ccccc2)N=c2s/c(=C\c3ccc(-c4ccc(C(=O)O)cc4)o3)c(=O)n2[C@@H]1c1ccc(OC)cc1OC. The van der Waals surface area contributed by atoms with E-state index in [2.05, 4.69) is 0 Å². The molecule has 3 heterocycles. The summed E-state index contributed by atoms with van der Waals surface area (Å²) in [5.41, 5.74) is 2.28. The van der Waals surface area contributed by atoms with E-state index in [1.54, 1.807) is 62.6 Å². The molecular weight excluding hydrogens is 608 g/mol. The number of carbonyl (C=O) groups excluding carboxylic acids is 1. The van der Waals surface area contributed by atoms with Gasteiger partial charge in [0.25, 0.3) is 5.56 Å². The number of nitrogens with zero attached hydrogens (tertiary/aromatic N) is 2. The zero-order valence-electron chi connectivity index (χ0n) is 25.1. The second kappa shape index (κ2) is 12.7. The van der Waals surface area contributed by atoms with Crippen LogP contribution in [-0.4, -0.2) is 42.4 Å². The van der Waals surface area contributed by atoms with Gasteiger partial charge in [0.2, 0.25) is 0 Å². The van der Waals surface area contributed by atoms with Crippen LogP contribution in [-0.2, 0) is 9.53 Å². The van der Waals surface area contributed by atoms with E-state index in [9.17, 15) is 19.5 Å². The predicted octanol–water partition coefficient (Wildman–Crippen LogP) is 4.91. The summed E-state index contributed by atoms with van der Waals surface area (Å²) in [5, 5.41) is 9.20. The highest BCUT2D eigenvalue weighted by Crippen LogP contribution is 2.40. The van der Waals surface area contributed by atoms with Gasteiger partial charge in [0.1, 0.15) is 29.1 Å². The summed E-state index contributed by atoms with van der Waals surface area (Å²) in [4.78, 5) is 44.4. The molecule has 0 saturated carbocycles. The Bertz CT molecular complexity index is 2160. The lowest BCUT2D eigenvalue weighted by Crippen LogP contribution is -2.40. The Kier molecular flexibility index (Phi) is 8.41. The van der Waals surface area contributed by atoms with Crippen LogP contribution < -0.4 is 24.4 Å². The number of rotatable bonds is 9. The van der Waals surface area contributed by atoms with Crippen molar-refractivity contribution in [3.8, 4) is 22.8 Å². The van der Waals surface area contributed by atoms with Gasteiger partial charge in [-0.2, -0.15) is 0 Å². The van der Waals surface area contributed by atoms with Crippen molar-refractivity contribution < 1.29 is 33.3 Å². The number of aromatic carboxylic acids is 1. The van der Waals surface area contributed by atoms with Gasteiger partial charge in [-0.1, -0.05) is 53.8 Å². The number of aromatic nitrogens is 1. The molecule has 232 valence electrons. The van der Waals surface area contributed by atoms with Crippen molar-refractivity contribution in [2.24, 2.45) is 4.99 Å². The van der Waals surface area contributed by atoms with Crippen LogP contribution in [0, 0.1) is 0 Å². The first-order chi connectivity index (χ1) is 22.3. The highest BCUT2D eigenvalue weighted by atomic mass is 32.1. The zero-order valence-corrected chi connectivity index (χ0v) is 25.9. The third kappa shape index (κ3) is 5.64. The normalized spacial score (nSPS) is 14.4. The zero-order chi connectivity index (χ0) is 32.4. The van der Waals surface area contributed by atoms with Crippen LogP contribution in [0.3, 0.4) is 0 Å². The molecule has 10 nitrogen and oxygen atoms in total. The van der Waals surface area contributed by atoms with Crippen LogP contribution in [0.4, 0.5) is 0 Å². The number of hydrogen-bond acceptors (Lipinski definition) is 9. The Balaban J connectivity index is 1.56. The topological polar surface area (TPSA) is 130 Å². The molecule has 0 spiro atoms. The number of fused-ring (bicyclic) bond motifs is 1. The fourth-order valence-electron chi connectivity index (χ4n) is 5.27. The molecule has 1 N–H and O–H groups in total. The molecular formula is C35H28N2O8S. The molecule has 46 heavy (non-hydrogen) atoms. The molecule has 0 unspecified atom stereocenters. The molecule has 1 aliphatic rings. The van der Waals surface area contributed by atoms with Crippen LogP contribution in [0.25, 0.3) is 23.1 Å². The number of carboxylic acids is 1. The molecule has 0 saturated heterocycles. The molecule has 1 atom stereocenters. The fourth-order valence-corrected chi connectivity index (χ4v) is 6.25. The lowest BCUT2D eigenvalue weighted by atomic mass is 9.92. The molecule has 5 aromatic rings. The number of benzene rings is 3. The summed E-state index contributed by atoms with van der Waals surface area (Å²) in [5.74, 6) is 0.256. The largest absolute Gasteiger partial charge is 0.497 e. The Hall–Kier alpha value is -5.68. The average Bonchev–Trinajstić information content (AvgIpc) is 3.68. The van der Waals surface area contributed by atoms with E-state index in [1.807, 2.05) is 30.3 Å². The first-order valence-corrected chi connectivity index (χ1v) is 15.1. The van der Waals surface area contributed by atoms with Crippen LogP contribution in [0.2, 0.25) is 0 Å². The summed E-state index contributed by atoms with van der Waals surface area (Å²) < 4.78 is 24.5. The Morgan fingerprint density at radius 2 is 1.74 bits per heavy atom. The Morgan fingerprint density at radius 1 is 0.978 bits per heavy atom. The first kappa shape index (κ1) is 30.4. The quantitative estimate of drug-likeness (QED) is 0.226. The molecule has 0 amide bonds. The number of carbonyl (C=O) groups is 2. The summed E-state index contributed by atoms with van der Waals surface area (Å²) in [6.45, 7) is 1.85. The third-order valence-corrected chi connectivity index (χ3v) is 8.41. The number of esters is 1. The predicted molar refractivity (Wildman–Crippen MR) is 172 cm³/mol. The Morgan fingerprint density at radius 3 is 2.41 bits per heavy atom. The van der Waals surface area contributed by atoms with Crippen molar-refractivity contribution in [1.29, 1.82) is 0 Å². The van der Waals surface area contributed by atoms with E-state index >= 15 is 0 Å². The van der Waals surface area contributed by atoms with E-state index in [-0.39, 0.29) is 23.3 Å². The lowest BCUT2D eigenvalue weighted by molar-refractivity contribution is -0.138. The monoisotopic (exact) mass is 636 g/mol. The number of hydrogen-bond donors (Lipinski definition) is 1. The van der Waals surface area contributed by atoms with Gasteiger partial charge in [-0.15, -0.1) is 0 Å². The van der Waals surface area contributed by atoms with Crippen LogP contribution in [0.1, 0.15) is 40.2 Å². The maximum atomic E-state index is 14.2. The van der Waals surface area contributed by atoms with E-state index in [0.29, 0.717) is 54.7 Å². The van der Waals surface area contributed by atoms with Gasteiger partial charge < -0.3 is 23.7 Å². The summed E-state index contributed by atoms with van der Waals surface area (Å²) in [6.07, 6.45) is 1.62. The number of ether oxygens (including phenoxy) is 3. The van der Waals surface area contributed by atoms with Gasteiger partial charge in [-0.3, -0.25) is 9.36 Å². The lowest BCUT2D eigenvalue weighted by Gasteiger charge is -2.27. The van der Waals surface area contributed by atoms with Crippen LogP contribution in [0.5, 0.6) is 11.5 Å². The van der Waals surface area contributed by atoms with Crippen molar-refractivity contribution in [3.63, 3.8) is 0 Å². The molecule has 11 heteroatoms. The molecule has 0 radical (unpaired) electrons. The molecule has 0 bridgehead atoms. The third-order valence-electron chi connectivity index (χ3n) is 7.43. The molecule has 0 fully saturated rings. The number of methoxy groups -OCH3 is 2. The second-order valence-corrected chi connectivity index (χ2v) is 11.1. The maximum absolute atomic E-state index is 14.2. The van der Waals surface area contributed by atoms with E-state index in [1.165, 1.54) is 23.8 Å². The smallest absolute Gasteiger partial charge is 0.338 e. The minimum Gasteiger partial charge on any atom is -0.497 e. The molecule has 2 aromatic heterocycles. The van der Waals surface area contributed by atoms with Gasteiger partial charge >= 0.3 is 11.9 Å². The first-order valence-electron chi connectivity index (χ1n) is 14.3. The van der Waals surface area contributed by atoms with Crippen molar-refractivity contribution in [2.75, 3.05) is 20.8 Å². The van der Waals surface area contributed by atoms with Crippen molar-refractivity contribution in [3.05, 3.63) is 133 Å². The summed E-state index contributed by atoms with van der Waals surface area (Å²) in [7, 11) is 3.05. The Labute approximate surface area is 266 Å². The minimum atomic E-state index is -1.02. The second-order valence-electron chi connectivity index (χ2n) is 10.1. The van der Waals surface area contributed by atoms with Gasteiger partial charge in [-0.25, -0.2) is 14.6 Å². The van der Waals surface area contributed by atoms with Crippen LogP contribution >= 0.6 is 11.3 Å². The number of carboxylic acid groups (broad SMARTS) is 1. The minimum absolute atomic E-state index is 0.126. The van der Waals surface area contributed by atoms with Crippen molar-refractivity contribution in [1.82, 2.24) is 4.57 Å². The molecule has 0 aliphatic carbocycles. The van der Waals surface area contributed by atoms with E-state index in [4.69, 9.17) is 23.6 Å². The highest BCUT2D eigenvalue weighted by molar-refractivity contribution is 7.07. The van der Waals surface area contributed by atoms with Crippen molar-refractivity contribution in [2.45, 2.75) is 13.0 Å². The van der Waals surface area contributed by atoms with E-state index < -0.39 is 18.0 Å². The number of thiazole rings is 1. The van der Waals surface area contributed by atoms with Crippen LogP contribution in [0.15, 0.2) is 105 Å². The van der Waals surface area contributed by atoms with E-state index in [0.717, 1.165) is 11.3 Å². The van der Waals surface area contributed by atoms with Gasteiger partial charge in [0, 0.05) is 28.8 Å². The standard InChI is InChI=1S/C35H28N2O8S/c1-4-44-34(41)29-30(21-8-6-5-7-9-21)36-35-37(31(29)25-16-14-23(42-2)18-27(25)43-3)32(38)28(46-35)19-24-15-17-26(45-24)20-10-12-22(13-11-20)33(39)40/h5-19,31H,4H2,1-3H3,(H,39,40)/b28-19-/t31-/m1/s1. The van der Waals surface area contributed by atoms with Gasteiger partial charge in [-0.05, 0) is 43.3 Å². The average molecular weight is 637 g/mol. The molecule has 3 aromatic carbocycles. The van der Waals surface area contributed by atoms with Crippen molar-refractivity contribution >= 4 is 35.0 Å². The maximum Gasteiger partial charge on any atom is 0.338 e. The fraction of sp³-hybridized carbons (Fsp3) is 0.143.